The smallest absolute Gasteiger partial charge is 0.334 e. The molecule has 9 heteroatoms. The lowest BCUT2D eigenvalue weighted by Crippen LogP contribution is -2.66. The van der Waals surface area contributed by atoms with Crippen molar-refractivity contribution >= 4 is 23.7 Å². The molecule has 0 aromatic heterocycles. The molecule has 0 aliphatic heterocycles. The molecule has 1 spiro atoms. The topological polar surface area (TPSA) is 136 Å². The fourth-order valence-corrected chi connectivity index (χ4v) is 7.27. The van der Waals surface area contributed by atoms with Gasteiger partial charge in [-0.05, 0) is 65.0 Å². The first kappa shape index (κ1) is 29.9. The Morgan fingerprint density at radius 3 is 2.27 bits per heavy atom. The van der Waals surface area contributed by atoms with Gasteiger partial charge in [0.2, 0.25) is 0 Å². The third-order valence-electron chi connectivity index (χ3n) is 9.79. The lowest BCUT2D eigenvalue weighted by molar-refractivity contribution is -0.202. The lowest BCUT2D eigenvalue weighted by atomic mass is 9.59. The number of carbonyl (C=O) groups excluding carboxylic acids is 4. The van der Waals surface area contributed by atoms with Crippen LogP contribution in [0.4, 0.5) is 0 Å². The van der Waals surface area contributed by atoms with Crippen molar-refractivity contribution in [1.29, 1.82) is 0 Å². The van der Waals surface area contributed by atoms with E-state index in [0.717, 1.165) is 0 Å². The molecule has 218 valence electrons. The Morgan fingerprint density at radius 2 is 1.70 bits per heavy atom. The van der Waals surface area contributed by atoms with Crippen LogP contribution in [0.2, 0.25) is 0 Å². The second-order valence-corrected chi connectivity index (χ2v) is 12.0. The van der Waals surface area contributed by atoms with E-state index in [0.29, 0.717) is 23.1 Å². The summed E-state index contributed by atoms with van der Waals surface area (Å²) in [5.41, 5.74) is -3.48. The number of fused-ring (bicyclic) bond motifs is 3. The molecule has 0 aromatic rings. The highest BCUT2D eigenvalue weighted by Crippen LogP contribution is 2.69. The Labute approximate surface area is 234 Å². The van der Waals surface area contributed by atoms with Crippen LogP contribution in [0.5, 0.6) is 0 Å². The number of rotatable bonds is 6. The number of aliphatic hydroxyl groups is 2. The van der Waals surface area contributed by atoms with Crippen LogP contribution in [-0.4, -0.2) is 63.9 Å². The maximum absolute atomic E-state index is 14.7. The summed E-state index contributed by atoms with van der Waals surface area (Å²) in [6.45, 7) is 12.8. The van der Waals surface area contributed by atoms with Gasteiger partial charge in [-0.25, -0.2) is 9.59 Å². The molecule has 9 atom stereocenters. The summed E-state index contributed by atoms with van der Waals surface area (Å²) < 4.78 is 17.0. The number of Topliss-reactive ketones (excluding diaryl/α,β-unsaturated/α-hetero) is 1. The fraction of sp³-hybridized carbons (Fsp3) is 0.613. The van der Waals surface area contributed by atoms with E-state index in [4.69, 9.17) is 14.2 Å². The maximum atomic E-state index is 14.7. The summed E-state index contributed by atoms with van der Waals surface area (Å²) in [4.78, 5) is 52.1. The average molecular weight is 557 g/mol. The zero-order valence-electron chi connectivity index (χ0n) is 24.4. The molecule has 2 bridgehead atoms. The standard InChI is InChI=1S/C31H40O9/c1-9-15(3)27(35)39-26-17(5)13-30-18(6)11-22-23(29(22,8)40-28(36)16(4)10-2)21(25(30)34)12-20(14-38-19(7)32)24(33)31(26,30)37/h9-10,12-13,18,21-24,26,33,37H,11,14H2,1-8H3/b15-9-,16-10-/t18-,21?,22-,23+,24-,26+,29-,30+,31+/m1/s1. The Kier molecular flexibility index (Phi) is 7.56. The summed E-state index contributed by atoms with van der Waals surface area (Å²) >= 11 is 0. The third kappa shape index (κ3) is 4.12. The highest BCUT2D eigenvalue weighted by atomic mass is 16.6. The molecule has 4 aliphatic carbocycles. The molecular weight excluding hydrogens is 516 g/mol. The molecular formula is C31H40O9. The van der Waals surface area contributed by atoms with Crippen LogP contribution in [-0.2, 0) is 33.4 Å². The number of carbonyl (C=O) groups is 4. The molecule has 0 aromatic carbocycles. The van der Waals surface area contributed by atoms with Gasteiger partial charge in [0.15, 0.2) is 17.5 Å². The van der Waals surface area contributed by atoms with Crippen LogP contribution in [0.15, 0.2) is 46.6 Å². The molecule has 9 nitrogen and oxygen atoms in total. The van der Waals surface area contributed by atoms with Crippen molar-refractivity contribution in [2.75, 3.05) is 6.61 Å². The minimum Gasteiger partial charge on any atom is -0.461 e. The van der Waals surface area contributed by atoms with Gasteiger partial charge in [0, 0.05) is 35.8 Å². The van der Waals surface area contributed by atoms with Crippen molar-refractivity contribution in [2.24, 2.45) is 29.1 Å². The molecule has 4 aliphatic rings. The number of ether oxygens (including phenoxy) is 3. The van der Waals surface area contributed by atoms with Gasteiger partial charge in [-0.15, -0.1) is 0 Å². The van der Waals surface area contributed by atoms with Crippen molar-refractivity contribution < 1.29 is 43.6 Å². The minimum absolute atomic E-state index is 0.128. The number of hydrogen-bond acceptors (Lipinski definition) is 9. The number of ketones is 1. The van der Waals surface area contributed by atoms with Gasteiger partial charge in [-0.2, -0.15) is 0 Å². The normalized spacial score (nSPS) is 40.5. The molecule has 0 radical (unpaired) electrons. The van der Waals surface area contributed by atoms with E-state index in [-0.39, 0.29) is 23.9 Å². The van der Waals surface area contributed by atoms with Crippen LogP contribution >= 0.6 is 0 Å². The highest BCUT2D eigenvalue weighted by Gasteiger charge is 2.78. The summed E-state index contributed by atoms with van der Waals surface area (Å²) in [7, 11) is 0. The molecule has 0 heterocycles. The van der Waals surface area contributed by atoms with E-state index >= 15 is 0 Å². The zero-order valence-corrected chi connectivity index (χ0v) is 24.4. The summed E-state index contributed by atoms with van der Waals surface area (Å²) in [6, 6.07) is 0. The van der Waals surface area contributed by atoms with Crippen LogP contribution in [0.3, 0.4) is 0 Å². The van der Waals surface area contributed by atoms with Crippen LogP contribution < -0.4 is 0 Å². The second kappa shape index (κ2) is 10.1. The number of aliphatic hydroxyl groups excluding tert-OH is 1. The van der Waals surface area contributed by atoms with E-state index in [1.807, 2.05) is 13.8 Å². The van der Waals surface area contributed by atoms with Crippen LogP contribution in [0.1, 0.15) is 61.8 Å². The van der Waals surface area contributed by atoms with Crippen molar-refractivity contribution in [1.82, 2.24) is 0 Å². The molecule has 4 rings (SSSR count). The van der Waals surface area contributed by atoms with Crippen LogP contribution in [0.25, 0.3) is 0 Å². The monoisotopic (exact) mass is 556 g/mol. The Balaban J connectivity index is 1.87. The van der Waals surface area contributed by atoms with E-state index < -0.39 is 64.5 Å². The van der Waals surface area contributed by atoms with Crippen molar-refractivity contribution in [3.05, 3.63) is 46.6 Å². The van der Waals surface area contributed by atoms with E-state index in [1.54, 1.807) is 58.9 Å². The van der Waals surface area contributed by atoms with Crippen molar-refractivity contribution in [2.45, 2.75) is 85.2 Å². The van der Waals surface area contributed by atoms with Gasteiger partial charge in [0.25, 0.3) is 0 Å². The molecule has 40 heavy (non-hydrogen) atoms. The first-order valence-electron chi connectivity index (χ1n) is 13.8. The predicted octanol–water partition coefficient (Wildman–Crippen LogP) is 3.15. The zero-order chi connectivity index (χ0) is 29.9. The molecule has 0 saturated heterocycles. The first-order chi connectivity index (χ1) is 18.6. The Morgan fingerprint density at radius 1 is 1.10 bits per heavy atom. The first-order valence-corrected chi connectivity index (χ1v) is 13.8. The van der Waals surface area contributed by atoms with Crippen molar-refractivity contribution in [3.63, 3.8) is 0 Å². The lowest BCUT2D eigenvalue weighted by Gasteiger charge is -2.48. The summed E-state index contributed by atoms with van der Waals surface area (Å²) in [5.74, 6) is -4.10. The number of hydrogen-bond donors (Lipinski definition) is 2. The quantitative estimate of drug-likeness (QED) is 0.219. The molecule has 2 saturated carbocycles. The molecule has 1 unspecified atom stereocenters. The van der Waals surface area contributed by atoms with Gasteiger partial charge in [0.05, 0.1) is 5.41 Å². The summed E-state index contributed by atoms with van der Waals surface area (Å²) in [5, 5.41) is 24.4. The van der Waals surface area contributed by atoms with Gasteiger partial charge in [0.1, 0.15) is 18.3 Å². The van der Waals surface area contributed by atoms with Gasteiger partial charge >= 0.3 is 17.9 Å². The van der Waals surface area contributed by atoms with Gasteiger partial charge in [-0.3, -0.25) is 9.59 Å². The second-order valence-electron chi connectivity index (χ2n) is 12.0. The highest BCUT2D eigenvalue weighted by molar-refractivity contribution is 5.96. The fourth-order valence-electron chi connectivity index (χ4n) is 7.27. The van der Waals surface area contributed by atoms with Crippen molar-refractivity contribution in [3.8, 4) is 0 Å². The SMILES string of the molecule is C/C=C(/C)C(=O)O[C@H]1C(C)=C[C@]23C(=O)C(C=C(COC(C)=O)[C@@H](O)[C@]12O)[C@H]1[C@@H](C[C@H]3C)[C@@]1(C)OC(=O)/C(C)=C\C. The number of esters is 3. The van der Waals surface area contributed by atoms with Crippen LogP contribution in [0, 0.1) is 29.1 Å². The predicted molar refractivity (Wildman–Crippen MR) is 144 cm³/mol. The van der Waals surface area contributed by atoms with E-state index in [2.05, 4.69) is 0 Å². The minimum atomic E-state index is -2.26. The Hall–Kier alpha value is -3.04. The molecule has 2 N–H and O–H groups in total. The largest absolute Gasteiger partial charge is 0.461 e. The average Bonchev–Trinajstić information content (AvgIpc) is 3.42. The Bertz CT molecular complexity index is 1270. The molecule has 0 amide bonds. The molecule has 2 fully saturated rings. The van der Waals surface area contributed by atoms with Gasteiger partial charge in [-0.1, -0.05) is 31.2 Å². The number of allylic oxidation sites excluding steroid dienone is 3. The van der Waals surface area contributed by atoms with Gasteiger partial charge < -0.3 is 24.4 Å². The van der Waals surface area contributed by atoms with E-state index in [9.17, 15) is 29.4 Å². The summed E-state index contributed by atoms with van der Waals surface area (Å²) in [6.07, 6.45) is 3.85. The third-order valence-corrected chi connectivity index (χ3v) is 9.79. The van der Waals surface area contributed by atoms with E-state index in [1.165, 1.54) is 6.92 Å². The maximum Gasteiger partial charge on any atom is 0.334 e.